The zero-order valence-corrected chi connectivity index (χ0v) is 12.0. The summed E-state index contributed by atoms with van der Waals surface area (Å²) in [7, 11) is 0. The Bertz CT molecular complexity index is 549. The number of para-hydroxylation sites is 1. The van der Waals surface area contributed by atoms with Gasteiger partial charge in [-0.15, -0.1) is 0 Å². The number of benzene rings is 1. The number of nitrogens with one attached hydrogen (secondary N) is 2. The molecule has 0 aliphatic carbocycles. The number of fused-ring (bicyclic) bond motifs is 1. The van der Waals surface area contributed by atoms with Gasteiger partial charge in [-0.1, -0.05) is 31.2 Å². The van der Waals surface area contributed by atoms with Crippen LogP contribution in [0, 0.1) is 0 Å². The molecule has 0 aliphatic heterocycles. The van der Waals surface area contributed by atoms with Crippen LogP contribution in [0.5, 0.6) is 0 Å². The second kappa shape index (κ2) is 7.04. The maximum atomic E-state index is 5.19. The van der Waals surface area contributed by atoms with E-state index < -0.39 is 0 Å². The summed E-state index contributed by atoms with van der Waals surface area (Å²) in [5.41, 5.74) is 2.34. The van der Waals surface area contributed by atoms with Crippen molar-refractivity contribution in [1.29, 1.82) is 0 Å². The highest BCUT2D eigenvalue weighted by molar-refractivity contribution is 7.80. The van der Waals surface area contributed by atoms with Crippen molar-refractivity contribution >= 4 is 28.2 Å². The molecule has 0 unspecified atom stereocenters. The van der Waals surface area contributed by atoms with Gasteiger partial charge in [0.05, 0.1) is 5.52 Å². The molecule has 3 nitrogen and oxygen atoms in total. The fourth-order valence-corrected chi connectivity index (χ4v) is 2.18. The molecule has 0 amide bonds. The van der Waals surface area contributed by atoms with Crippen LogP contribution in [-0.2, 0) is 6.42 Å². The van der Waals surface area contributed by atoms with Gasteiger partial charge in [-0.2, -0.15) is 0 Å². The van der Waals surface area contributed by atoms with E-state index in [9.17, 15) is 0 Å². The zero-order chi connectivity index (χ0) is 13.5. The largest absolute Gasteiger partial charge is 0.363 e. The number of hydrogen-bond acceptors (Lipinski definition) is 2. The Morgan fingerprint density at radius 3 is 2.79 bits per heavy atom. The van der Waals surface area contributed by atoms with Crippen LogP contribution in [0.15, 0.2) is 36.5 Å². The molecule has 2 aromatic rings. The van der Waals surface area contributed by atoms with E-state index in [1.807, 2.05) is 12.3 Å². The highest BCUT2D eigenvalue weighted by Crippen LogP contribution is 2.15. The number of hydrogen-bond donors (Lipinski definition) is 2. The second-order valence-electron chi connectivity index (χ2n) is 4.42. The molecule has 0 radical (unpaired) electrons. The van der Waals surface area contributed by atoms with Crippen LogP contribution in [-0.4, -0.2) is 23.2 Å². The van der Waals surface area contributed by atoms with Crippen LogP contribution in [0.25, 0.3) is 10.9 Å². The van der Waals surface area contributed by atoms with Gasteiger partial charge in [0.25, 0.3) is 0 Å². The highest BCUT2D eigenvalue weighted by atomic mass is 32.1. The number of pyridine rings is 1. The lowest BCUT2D eigenvalue weighted by Crippen LogP contribution is -2.36. The molecule has 0 spiro atoms. The lowest BCUT2D eigenvalue weighted by Gasteiger charge is -2.10. The molecule has 0 bridgehead atoms. The van der Waals surface area contributed by atoms with Crippen LogP contribution in [0.1, 0.15) is 18.9 Å². The molecule has 0 aliphatic rings. The maximum Gasteiger partial charge on any atom is 0.166 e. The Morgan fingerprint density at radius 1 is 1.16 bits per heavy atom. The summed E-state index contributed by atoms with van der Waals surface area (Å²) in [6, 6.07) is 10.3. The van der Waals surface area contributed by atoms with Gasteiger partial charge in [0.15, 0.2) is 5.11 Å². The van der Waals surface area contributed by atoms with Crippen molar-refractivity contribution in [3.8, 4) is 0 Å². The lowest BCUT2D eigenvalue weighted by molar-refractivity contribution is 0.791. The maximum absolute atomic E-state index is 5.19. The third-order valence-corrected chi connectivity index (χ3v) is 3.22. The molecule has 1 heterocycles. The molecule has 1 aromatic carbocycles. The molecular weight excluding hydrogens is 254 g/mol. The molecular formula is C15H19N3S. The predicted octanol–water partition coefficient (Wildman–Crippen LogP) is 2.65. The zero-order valence-electron chi connectivity index (χ0n) is 11.1. The van der Waals surface area contributed by atoms with Crippen LogP contribution in [0.4, 0.5) is 0 Å². The highest BCUT2D eigenvalue weighted by Gasteiger charge is 2.01. The summed E-state index contributed by atoms with van der Waals surface area (Å²) in [5.74, 6) is 0. The van der Waals surface area contributed by atoms with Crippen molar-refractivity contribution in [2.75, 3.05) is 13.1 Å². The summed E-state index contributed by atoms with van der Waals surface area (Å²) < 4.78 is 0. The number of nitrogens with zero attached hydrogens (tertiary/aromatic N) is 1. The fourth-order valence-electron chi connectivity index (χ4n) is 1.98. The van der Waals surface area contributed by atoms with Gasteiger partial charge in [-0.05, 0) is 36.7 Å². The van der Waals surface area contributed by atoms with E-state index in [2.05, 4.69) is 46.8 Å². The van der Waals surface area contributed by atoms with Crippen LogP contribution in [0.2, 0.25) is 0 Å². The van der Waals surface area contributed by atoms with Gasteiger partial charge >= 0.3 is 0 Å². The van der Waals surface area contributed by atoms with E-state index in [-0.39, 0.29) is 0 Å². The molecule has 0 saturated heterocycles. The van der Waals surface area contributed by atoms with Crippen LogP contribution < -0.4 is 10.6 Å². The minimum absolute atomic E-state index is 0.732. The smallest absolute Gasteiger partial charge is 0.166 e. The van der Waals surface area contributed by atoms with Gasteiger partial charge in [0.1, 0.15) is 0 Å². The van der Waals surface area contributed by atoms with E-state index >= 15 is 0 Å². The molecule has 2 rings (SSSR count). The molecule has 100 valence electrons. The first kappa shape index (κ1) is 13.7. The van der Waals surface area contributed by atoms with E-state index in [1.165, 1.54) is 10.9 Å². The van der Waals surface area contributed by atoms with Crippen molar-refractivity contribution in [2.24, 2.45) is 0 Å². The topological polar surface area (TPSA) is 37.0 Å². The minimum atomic E-state index is 0.732. The Balaban J connectivity index is 1.93. The Labute approximate surface area is 119 Å². The van der Waals surface area contributed by atoms with Crippen molar-refractivity contribution in [3.63, 3.8) is 0 Å². The quantitative estimate of drug-likeness (QED) is 0.821. The standard InChI is InChI=1S/C15H19N3S/c1-2-9-17-15(19)18-11-8-13-6-3-5-12-7-4-10-16-14(12)13/h3-7,10H,2,8-9,11H2,1H3,(H2,17,18,19). The van der Waals surface area contributed by atoms with Crippen molar-refractivity contribution in [3.05, 3.63) is 42.1 Å². The van der Waals surface area contributed by atoms with Crippen molar-refractivity contribution < 1.29 is 0 Å². The van der Waals surface area contributed by atoms with Gasteiger partial charge in [0, 0.05) is 24.7 Å². The first-order valence-electron chi connectivity index (χ1n) is 6.65. The van der Waals surface area contributed by atoms with E-state index in [1.54, 1.807) is 0 Å². The fraction of sp³-hybridized carbons (Fsp3) is 0.333. The van der Waals surface area contributed by atoms with E-state index in [0.717, 1.165) is 36.6 Å². The second-order valence-corrected chi connectivity index (χ2v) is 4.83. The van der Waals surface area contributed by atoms with Gasteiger partial charge in [-0.3, -0.25) is 4.98 Å². The van der Waals surface area contributed by atoms with Crippen LogP contribution >= 0.6 is 12.2 Å². The molecule has 0 fully saturated rings. The summed E-state index contributed by atoms with van der Waals surface area (Å²) >= 11 is 5.19. The third kappa shape index (κ3) is 3.89. The Hall–Kier alpha value is -1.68. The molecule has 0 saturated carbocycles. The summed E-state index contributed by atoms with van der Waals surface area (Å²) in [4.78, 5) is 4.45. The minimum Gasteiger partial charge on any atom is -0.363 e. The molecule has 0 atom stereocenters. The van der Waals surface area contributed by atoms with Crippen molar-refractivity contribution in [1.82, 2.24) is 15.6 Å². The normalized spacial score (nSPS) is 10.4. The van der Waals surface area contributed by atoms with E-state index in [0.29, 0.717) is 0 Å². The summed E-state index contributed by atoms with van der Waals surface area (Å²) in [5, 5.41) is 8.30. The first-order valence-corrected chi connectivity index (χ1v) is 7.06. The van der Waals surface area contributed by atoms with Gasteiger partial charge in [0.2, 0.25) is 0 Å². The SMILES string of the molecule is CCCNC(=S)NCCc1cccc2cccnc12. The third-order valence-electron chi connectivity index (χ3n) is 2.93. The summed E-state index contributed by atoms with van der Waals surface area (Å²) in [6.45, 7) is 3.87. The van der Waals surface area contributed by atoms with Crippen molar-refractivity contribution in [2.45, 2.75) is 19.8 Å². The Kier molecular flexibility index (Phi) is 5.10. The number of aromatic nitrogens is 1. The molecule has 4 heteroatoms. The van der Waals surface area contributed by atoms with Crippen LogP contribution in [0.3, 0.4) is 0 Å². The Morgan fingerprint density at radius 2 is 1.95 bits per heavy atom. The molecule has 2 N–H and O–H groups in total. The van der Waals surface area contributed by atoms with Gasteiger partial charge < -0.3 is 10.6 Å². The summed E-state index contributed by atoms with van der Waals surface area (Å²) in [6.07, 6.45) is 3.84. The van der Waals surface area contributed by atoms with E-state index in [4.69, 9.17) is 12.2 Å². The van der Waals surface area contributed by atoms with Gasteiger partial charge in [-0.25, -0.2) is 0 Å². The number of rotatable bonds is 5. The molecule has 1 aromatic heterocycles. The number of thiocarbonyl (C=S) groups is 1. The average Bonchev–Trinajstić information content (AvgIpc) is 2.45. The lowest BCUT2D eigenvalue weighted by atomic mass is 10.1. The predicted molar refractivity (Wildman–Crippen MR) is 84.3 cm³/mol. The average molecular weight is 273 g/mol. The molecule has 19 heavy (non-hydrogen) atoms. The monoisotopic (exact) mass is 273 g/mol. The first-order chi connectivity index (χ1) is 9.31.